The number of hydrogen-bond donors (Lipinski definition) is 1. The molecule has 0 aliphatic heterocycles. The van der Waals surface area contributed by atoms with E-state index in [1.165, 1.54) is 6.21 Å². The fraction of sp³-hybridized carbons (Fsp3) is 0.583. The molecule has 2 atom stereocenters. The first-order valence-electron chi connectivity index (χ1n) is 5.55. The highest BCUT2D eigenvalue weighted by atomic mass is 16.6. The van der Waals surface area contributed by atoms with Crippen molar-refractivity contribution in [3.8, 4) is 0 Å². The molecule has 0 unspecified atom stereocenters. The van der Waals surface area contributed by atoms with Crippen molar-refractivity contribution in [3.63, 3.8) is 0 Å². The van der Waals surface area contributed by atoms with Crippen molar-refractivity contribution < 1.29 is 19.5 Å². The predicted molar refractivity (Wildman–Crippen MR) is 60.5 cm³/mol. The standard InChI is InChI=1S/C12H15NO4/c1-12(2)8-4-9(12)10(14)3-7(8)5-13-17-6-11(15)16/h3,5,8-9H,4,6H2,1-2H3,(H,15,16)/b13-5-/t8-,9+/m0/s1. The van der Waals surface area contributed by atoms with Crippen LogP contribution in [-0.2, 0) is 14.4 Å². The molecule has 1 saturated carbocycles. The van der Waals surface area contributed by atoms with Crippen molar-refractivity contribution >= 4 is 18.0 Å². The van der Waals surface area contributed by atoms with Crippen molar-refractivity contribution in [1.82, 2.24) is 0 Å². The summed E-state index contributed by atoms with van der Waals surface area (Å²) in [4.78, 5) is 26.5. The highest BCUT2D eigenvalue weighted by molar-refractivity contribution is 6.01. The van der Waals surface area contributed by atoms with Gasteiger partial charge >= 0.3 is 5.97 Å². The van der Waals surface area contributed by atoms with Crippen molar-refractivity contribution in [1.29, 1.82) is 0 Å². The summed E-state index contributed by atoms with van der Waals surface area (Å²) >= 11 is 0. The molecule has 2 bridgehead atoms. The normalized spacial score (nSPS) is 29.8. The molecule has 92 valence electrons. The molecule has 0 heterocycles. The van der Waals surface area contributed by atoms with E-state index < -0.39 is 12.6 Å². The van der Waals surface area contributed by atoms with Crippen LogP contribution in [-0.4, -0.2) is 29.7 Å². The number of nitrogens with zero attached hydrogens (tertiary/aromatic N) is 1. The lowest BCUT2D eigenvalue weighted by Crippen LogP contribution is -2.52. The van der Waals surface area contributed by atoms with Crippen LogP contribution in [0.3, 0.4) is 0 Å². The Labute approximate surface area is 99.1 Å². The largest absolute Gasteiger partial charge is 0.479 e. The number of fused-ring (bicyclic) bond motifs is 1. The predicted octanol–water partition coefficient (Wildman–Crippen LogP) is 1.24. The van der Waals surface area contributed by atoms with Crippen LogP contribution < -0.4 is 0 Å². The highest BCUT2D eigenvalue weighted by Gasteiger charge is 2.54. The van der Waals surface area contributed by atoms with Gasteiger partial charge in [-0.3, -0.25) is 4.79 Å². The zero-order valence-corrected chi connectivity index (χ0v) is 9.84. The Bertz CT molecular complexity index is 422. The molecule has 0 aromatic heterocycles. The van der Waals surface area contributed by atoms with E-state index in [2.05, 4.69) is 23.8 Å². The number of ketones is 1. The third-order valence-corrected chi connectivity index (χ3v) is 3.79. The molecular weight excluding hydrogens is 222 g/mol. The van der Waals surface area contributed by atoms with Gasteiger partial charge in [0.05, 0.1) is 6.21 Å². The number of aliphatic carboxylic acids is 1. The summed E-state index contributed by atoms with van der Waals surface area (Å²) in [6.45, 7) is 3.68. The molecule has 0 aromatic rings. The second kappa shape index (κ2) is 3.98. The quantitative estimate of drug-likeness (QED) is 0.589. The Balaban J connectivity index is 2.02. The van der Waals surface area contributed by atoms with Gasteiger partial charge in [0.1, 0.15) is 0 Å². The minimum atomic E-state index is -1.07. The first kappa shape index (κ1) is 11.8. The van der Waals surface area contributed by atoms with Gasteiger partial charge in [0, 0.05) is 5.92 Å². The van der Waals surface area contributed by atoms with Gasteiger partial charge in [-0.15, -0.1) is 0 Å². The van der Waals surface area contributed by atoms with E-state index in [1.807, 2.05) is 0 Å². The van der Waals surface area contributed by atoms with Gasteiger partial charge in [-0.1, -0.05) is 19.0 Å². The molecule has 3 rings (SSSR count). The van der Waals surface area contributed by atoms with Crippen molar-refractivity contribution in [2.24, 2.45) is 22.4 Å². The zero-order valence-electron chi connectivity index (χ0n) is 9.84. The topological polar surface area (TPSA) is 76.0 Å². The summed E-state index contributed by atoms with van der Waals surface area (Å²) in [5.41, 5.74) is 0.827. The summed E-state index contributed by atoms with van der Waals surface area (Å²) in [7, 11) is 0. The lowest BCUT2D eigenvalue weighted by atomic mass is 9.48. The number of allylic oxidation sites excluding steroid dienone is 2. The average molecular weight is 237 g/mol. The number of hydrogen-bond acceptors (Lipinski definition) is 4. The monoisotopic (exact) mass is 237 g/mol. The lowest BCUT2D eigenvalue weighted by Gasteiger charge is -2.54. The summed E-state index contributed by atoms with van der Waals surface area (Å²) in [5, 5.41) is 12.0. The average Bonchev–Trinajstić information content (AvgIpc) is 2.22. The molecule has 0 aromatic carbocycles. The summed E-state index contributed by atoms with van der Waals surface area (Å²) in [6, 6.07) is 0. The first-order valence-corrected chi connectivity index (χ1v) is 5.55. The minimum Gasteiger partial charge on any atom is -0.479 e. The molecule has 5 heteroatoms. The fourth-order valence-corrected chi connectivity index (χ4v) is 2.66. The molecule has 5 nitrogen and oxygen atoms in total. The van der Waals surface area contributed by atoms with E-state index in [0.29, 0.717) is 5.92 Å². The molecule has 3 aliphatic rings. The molecule has 3 aliphatic carbocycles. The van der Waals surface area contributed by atoms with Crippen LogP contribution in [0.25, 0.3) is 0 Å². The number of carbonyl (C=O) groups excluding carboxylic acids is 1. The number of carboxylic acid groups (broad SMARTS) is 1. The van der Waals surface area contributed by atoms with Crippen molar-refractivity contribution in [3.05, 3.63) is 11.6 Å². The van der Waals surface area contributed by atoms with E-state index in [4.69, 9.17) is 5.11 Å². The van der Waals surface area contributed by atoms with Crippen molar-refractivity contribution in [2.45, 2.75) is 20.3 Å². The Morgan fingerprint density at radius 3 is 2.88 bits per heavy atom. The maximum atomic E-state index is 11.7. The van der Waals surface area contributed by atoms with Crippen LogP contribution in [0.4, 0.5) is 0 Å². The third kappa shape index (κ3) is 1.97. The van der Waals surface area contributed by atoms with Crippen molar-refractivity contribution in [2.75, 3.05) is 6.61 Å². The molecule has 0 amide bonds. The number of carbonyl (C=O) groups is 2. The van der Waals surface area contributed by atoms with Crippen LogP contribution in [0.2, 0.25) is 0 Å². The van der Waals surface area contributed by atoms with Gasteiger partial charge in [-0.2, -0.15) is 0 Å². The maximum Gasteiger partial charge on any atom is 0.344 e. The number of oxime groups is 1. The maximum absolute atomic E-state index is 11.7. The van der Waals surface area contributed by atoms with Crippen LogP contribution >= 0.6 is 0 Å². The molecule has 17 heavy (non-hydrogen) atoms. The van der Waals surface area contributed by atoms with Gasteiger partial charge in [-0.25, -0.2) is 4.79 Å². The zero-order chi connectivity index (χ0) is 12.6. The van der Waals surface area contributed by atoms with Crippen LogP contribution in [0, 0.1) is 17.3 Å². The van der Waals surface area contributed by atoms with E-state index in [0.717, 1.165) is 12.0 Å². The van der Waals surface area contributed by atoms with Gasteiger partial charge in [0.25, 0.3) is 0 Å². The lowest BCUT2D eigenvalue weighted by molar-refractivity contribution is -0.142. The molecule has 1 fully saturated rings. The SMILES string of the molecule is CC1(C)[C@@H]2C[C@H]1C(/C=N\OCC(=O)O)=CC2=O. The number of rotatable bonds is 4. The molecule has 1 N–H and O–H groups in total. The second-order valence-corrected chi connectivity index (χ2v) is 5.11. The highest BCUT2D eigenvalue weighted by Crippen LogP contribution is 2.57. The van der Waals surface area contributed by atoms with E-state index >= 15 is 0 Å². The molecular formula is C12H15NO4. The van der Waals surface area contributed by atoms with Gasteiger partial charge in [-0.05, 0) is 29.4 Å². The Hall–Kier alpha value is -1.65. The van der Waals surface area contributed by atoms with Crippen LogP contribution in [0.5, 0.6) is 0 Å². The summed E-state index contributed by atoms with van der Waals surface area (Å²) in [6.07, 6.45) is 3.92. The number of carboxylic acids is 1. The first-order chi connectivity index (χ1) is 7.93. The third-order valence-electron chi connectivity index (χ3n) is 3.79. The molecule has 0 saturated heterocycles. The van der Waals surface area contributed by atoms with E-state index in [-0.39, 0.29) is 17.1 Å². The molecule has 0 spiro atoms. The Morgan fingerprint density at radius 2 is 2.35 bits per heavy atom. The van der Waals surface area contributed by atoms with Crippen LogP contribution in [0.1, 0.15) is 20.3 Å². The van der Waals surface area contributed by atoms with Gasteiger partial charge in [0.2, 0.25) is 6.61 Å². The Morgan fingerprint density at radius 1 is 1.65 bits per heavy atom. The second-order valence-electron chi connectivity index (χ2n) is 5.11. The fourth-order valence-electron chi connectivity index (χ4n) is 2.66. The van der Waals surface area contributed by atoms with E-state index in [1.54, 1.807) is 6.08 Å². The van der Waals surface area contributed by atoms with Gasteiger partial charge < -0.3 is 9.94 Å². The smallest absolute Gasteiger partial charge is 0.344 e. The minimum absolute atomic E-state index is 0.0139. The summed E-state index contributed by atoms with van der Waals surface area (Å²) < 4.78 is 0. The Kier molecular flexibility index (Phi) is 2.77. The molecule has 0 radical (unpaired) electrons. The van der Waals surface area contributed by atoms with Crippen LogP contribution in [0.15, 0.2) is 16.8 Å². The van der Waals surface area contributed by atoms with Gasteiger partial charge in [0.15, 0.2) is 5.78 Å². The van der Waals surface area contributed by atoms with E-state index in [9.17, 15) is 9.59 Å². The summed E-state index contributed by atoms with van der Waals surface area (Å²) in [5.74, 6) is -0.482.